The second kappa shape index (κ2) is 17.3. The lowest BCUT2D eigenvalue weighted by Gasteiger charge is -2.32. The monoisotopic (exact) mass is 427 g/mol. The minimum Gasteiger partial charge on any atom is -1.00 e. The fourth-order valence-corrected chi connectivity index (χ4v) is 3.28. The third-order valence-electron chi connectivity index (χ3n) is 4.39. The van der Waals surface area contributed by atoms with Gasteiger partial charge in [-0.25, -0.2) is 0 Å². The summed E-state index contributed by atoms with van der Waals surface area (Å²) in [4.78, 5) is 0. The van der Waals surface area contributed by atoms with E-state index in [1.807, 2.05) is 0 Å². The van der Waals surface area contributed by atoms with Crippen LogP contribution >= 0.6 is 15.9 Å². The first kappa shape index (κ1) is 24.2. The van der Waals surface area contributed by atoms with E-state index in [-0.39, 0.29) is 17.0 Å². The Morgan fingerprint density at radius 2 is 0.952 bits per heavy atom. The Morgan fingerprint density at radius 3 is 1.29 bits per heavy atom. The molecule has 0 aliphatic carbocycles. The van der Waals surface area contributed by atoms with Gasteiger partial charge in [0.1, 0.15) is 5.45 Å². The molecule has 0 aromatic carbocycles. The lowest BCUT2D eigenvalue weighted by atomic mass is 10.1. The van der Waals surface area contributed by atoms with Gasteiger partial charge in [-0.2, -0.15) is 0 Å². The number of halogens is 2. The molecule has 1 nitrogen and oxygen atoms in total. The van der Waals surface area contributed by atoms with Crippen LogP contribution in [0.3, 0.4) is 0 Å². The van der Waals surface area contributed by atoms with Crippen LogP contribution < -0.4 is 17.0 Å². The van der Waals surface area contributed by atoms with Crippen LogP contribution in [0, 0.1) is 0 Å². The number of rotatable bonds is 15. The van der Waals surface area contributed by atoms with E-state index in [2.05, 4.69) is 36.8 Å². The van der Waals surface area contributed by atoms with Crippen LogP contribution in [0.5, 0.6) is 0 Å². The maximum Gasteiger partial charge on any atom is 0.134 e. The van der Waals surface area contributed by atoms with Gasteiger partial charge in [-0.1, -0.05) is 65.2 Å². The van der Waals surface area contributed by atoms with Crippen molar-refractivity contribution in [3.8, 4) is 0 Å². The lowest BCUT2D eigenvalue weighted by molar-refractivity contribution is -0.896. The van der Waals surface area contributed by atoms with Gasteiger partial charge in [-0.3, -0.25) is 0 Å². The summed E-state index contributed by atoms with van der Waals surface area (Å²) < 4.78 is 1.22. The normalized spacial score (nSPS) is 11.4. The Labute approximate surface area is 153 Å². The van der Waals surface area contributed by atoms with Crippen LogP contribution in [0.15, 0.2) is 0 Å². The molecule has 21 heavy (non-hydrogen) atoms. The zero-order valence-electron chi connectivity index (χ0n) is 14.8. The second-order valence-corrected chi connectivity index (χ2v) is 7.22. The fraction of sp³-hybridized carbons (Fsp3) is 1.00. The lowest BCUT2D eigenvalue weighted by Crippen LogP contribution is -3.00. The van der Waals surface area contributed by atoms with Crippen molar-refractivity contribution < 1.29 is 21.5 Å². The molecule has 0 aromatic rings. The molecule has 0 unspecified atom stereocenters. The predicted octanol–water partition coefficient (Wildman–Crippen LogP) is 3.51. The molecule has 130 valence electrons. The summed E-state index contributed by atoms with van der Waals surface area (Å²) in [6.45, 7) is 7.29. The first-order valence-electron chi connectivity index (χ1n) is 9.08. The summed E-state index contributed by atoms with van der Waals surface area (Å²) in [5.41, 5.74) is 1.12. The predicted molar refractivity (Wildman–Crippen MR) is 96.5 cm³/mol. The van der Waals surface area contributed by atoms with Crippen LogP contribution in [0.1, 0.15) is 90.9 Å². The summed E-state index contributed by atoms with van der Waals surface area (Å²) in [7, 11) is 2.42. The Bertz CT molecular complexity index is 182. The number of unbranched alkanes of at least 4 members (excludes halogenated alkanes) is 10. The van der Waals surface area contributed by atoms with E-state index >= 15 is 0 Å². The van der Waals surface area contributed by atoms with Crippen LogP contribution in [0.4, 0.5) is 0 Å². The minimum atomic E-state index is 0. The highest BCUT2D eigenvalue weighted by Gasteiger charge is 2.18. The molecule has 0 bridgehead atoms. The second-order valence-electron chi connectivity index (χ2n) is 6.72. The first-order valence-corrected chi connectivity index (χ1v) is 10.2. The van der Waals surface area contributed by atoms with E-state index in [9.17, 15) is 0 Å². The van der Waals surface area contributed by atoms with Gasteiger partial charge in [0.05, 0.1) is 20.1 Å². The fourth-order valence-electron chi connectivity index (χ4n) is 2.78. The van der Waals surface area contributed by atoms with E-state index in [4.69, 9.17) is 0 Å². The van der Waals surface area contributed by atoms with E-state index in [0.717, 1.165) is 5.45 Å². The Morgan fingerprint density at radius 1 is 0.619 bits per heavy atom. The van der Waals surface area contributed by atoms with Crippen LogP contribution in [0.2, 0.25) is 0 Å². The third-order valence-corrected chi connectivity index (χ3v) is 5.60. The topological polar surface area (TPSA) is 0 Å². The highest BCUT2D eigenvalue weighted by atomic mass is 79.9. The molecule has 0 saturated heterocycles. The molecule has 0 aliphatic heterocycles. The van der Waals surface area contributed by atoms with Crippen LogP contribution in [-0.4, -0.2) is 30.1 Å². The molecule has 0 radical (unpaired) electrons. The van der Waals surface area contributed by atoms with Crippen molar-refractivity contribution >= 4 is 15.9 Å². The number of nitrogens with zero attached hydrogens (tertiary/aromatic N) is 1. The van der Waals surface area contributed by atoms with E-state index < -0.39 is 0 Å². The van der Waals surface area contributed by atoms with Gasteiger partial charge in [0.15, 0.2) is 0 Å². The summed E-state index contributed by atoms with van der Waals surface area (Å²) in [5.74, 6) is 0. The van der Waals surface area contributed by atoms with Crippen molar-refractivity contribution in [1.29, 1.82) is 0 Å². The molecular weight excluding hydrogens is 390 g/mol. The Balaban J connectivity index is 0. The molecule has 0 spiro atoms. The quantitative estimate of drug-likeness (QED) is 0.162. The van der Waals surface area contributed by atoms with Crippen molar-refractivity contribution in [1.82, 2.24) is 0 Å². The highest BCUT2D eigenvalue weighted by molar-refractivity contribution is 9.09. The molecular formula is C18H39Br2N. The molecule has 0 heterocycles. The van der Waals surface area contributed by atoms with E-state index in [1.165, 1.54) is 94.6 Å². The van der Waals surface area contributed by atoms with Gasteiger partial charge in [0, 0.05) is 0 Å². The molecule has 0 amide bonds. The highest BCUT2D eigenvalue weighted by Crippen LogP contribution is 2.14. The SMILES string of the molecule is CCCCCCCC[N+](C)(CBr)CCCCCCCC.[Br-]. The van der Waals surface area contributed by atoms with Crippen molar-refractivity contribution in [3.63, 3.8) is 0 Å². The molecule has 3 heteroatoms. The smallest absolute Gasteiger partial charge is 0.134 e. The van der Waals surface area contributed by atoms with Crippen LogP contribution in [-0.2, 0) is 0 Å². The zero-order chi connectivity index (χ0) is 15.1. The number of alkyl halides is 1. The van der Waals surface area contributed by atoms with E-state index in [0.29, 0.717) is 0 Å². The van der Waals surface area contributed by atoms with Crippen molar-refractivity contribution in [2.24, 2.45) is 0 Å². The summed E-state index contributed by atoms with van der Waals surface area (Å²) in [6, 6.07) is 0. The largest absolute Gasteiger partial charge is 1.00 e. The third kappa shape index (κ3) is 15.6. The maximum atomic E-state index is 3.73. The molecule has 0 aliphatic rings. The average molecular weight is 429 g/mol. The number of hydrogen-bond donors (Lipinski definition) is 0. The molecule has 0 N–H and O–H groups in total. The molecule has 0 saturated carbocycles. The van der Waals surface area contributed by atoms with Crippen molar-refractivity contribution in [2.45, 2.75) is 90.9 Å². The summed E-state index contributed by atoms with van der Waals surface area (Å²) in [5, 5.41) is 0. The summed E-state index contributed by atoms with van der Waals surface area (Å²) in [6.07, 6.45) is 17.0. The first-order chi connectivity index (χ1) is 9.68. The Hall–Kier alpha value is 0.920. The van der Waals surface area contributed by atoms with Crippen molar-refractivity contribution in [2.75, 3.05) is 25.6 Å². The van der Waals surface area contributed by atoms with Gasteiger partial charge in [-0.15, -0.1) is 0 Å². The zero-order valence-corrected chi connectivity index (χ0v) is 18.0. The van der Waals surface area contributed by atoms with Gasteiger partial charge in [-0.05, 0) is 41.6 Å². The molecule has 0 atom stereocenters. The van der Waals surface area contributed by atoms with Crippen LogP contribution in [0.25, 0.3) is 0 Å². The van der Waals surface area contributed by atoms with Crippen molar-refractivity contribution in [3.05, 3.63) is 0 Å². The van der Waals surface area contributed by atoms with Gasteiger partial charge in [0.25, 0.3) is 0 Å². The van der Waals surface area contributed by atoms with Gasteiger partial charge < -0.3 is 21.5 Å². The number of hydrogen-bond acceptors (Lipinski definition) is 0. The van der Waals surface area contributed by atoms with Gasteiger partial charge in [0.2, 0.25) is 0 Å². The maximum absolute atomic E-state index is 3.73. The summed E-state index contributed by atoms with van der Waals surface area (Å²) >= 11 is 3.73. The standard InChI is InChI=1S/C18H39BrN.BrH/c1-4-6-8-10-12-14-16-20(3,18-19)17-15-13-11-9-7-5-2;/h4-18H2,1-3H3;1H/q+1;/p-1. The number of quaternary nitrogens is 1. The minimum absolute atomic E-state index is 0. The Kier molecular flexibility index (Phi) is 19.9. The molecule has 0 rings (SSSR count). The van der Waals surface area contributed by atoms with E-state index in [1.54, 1.807) is 0 Å². The van der Waals surface area contributed by atoms with Gasteiger partial charge >= 0.3 is 0 Å². The average Bonchev–Trinajstić information content (AvgIpc) is 2.46. The molecule has 0 fully saturated rings. The molecule has 0 aromatic heterocycles.